The highest BCUT2D eigenvalue weighted by Gasteiger charge is 2.39. The predicted octanol–water partition coefficient (Wildman–Crippen LogP) is 5.51. The van der Waals surface area contributed by atoms with Crippen LogP contribution in [0, 0.1) is 0 Å². The van der Waals surface area contributed by atoms with Crippen LogP contribution in [0.15, 0.2) is 16.5 Å². The van der Waals surface area contributed by atoms with Crippen molar-refractivity contribution in [3.05, 3.63) is 23.5 Å². The van der Waals surface area contributed by atoms with Crippen molar-refractivity contribution in [3.63, 3.8) is 0 Å². The van der Waals surface area contributed by atoms with Gasteiger partial charge in [-0.1, -0.05) is 36.7 Å². The summed E-state index contributed by atoms with van der Waals surface area (Å²) in [5, 5.41) is 1.11. The molecule has 25 heavy (non-hydrogen) atoms. The van der Waals surface area contributed by atoms with Crippen molar-refractivity contribution in [1.29, 1.82) is 0 Å². The number of halogens is 1. The van der Waals surface area contributed by atoms with Gasteiger partial charge >= 0.3 is 5.97 Å². The molecule has 1 aromatic carbocycles. The van der Waals surface area contributed by atoms with Crippen molar-refractivity contribution in [2.24, 2.45) is 0 Å². The Morgan fingerprint density at radius 1 is 1.20 bits per heavy atom. The molecular weight excluding hydrogens is 404 g/mol. The number of rotatable bonds is 5. The summed E-state index contributed by atoms with van der Waals surface area (Å²) in [5.74, 6) is 1.29. The van der Waals surface area contributed by atoms with Gasteiger partial charge in [-0.15, -0.1) is 0 Å². The van der Waals surface area contributed by atoms with Crippen LogP contribution in [0.2, 0.25) is 18.1 Å². The Bertz CT molecular complexity index is 789. The van der Waals surface area contributed by atoms with Crippen LogP contribution in [0.5, 0.6) is 11.5 Å². The number of fused-ring (bicyclic) bond motifs is 1. The normalized spacial score (nSPS) is 12.3. The Balaban J connectivity index is 2.66. The quantitative estimate of drug-likeness (QED) is 0.357. The maximum Gasteiger partial charge on any atom is 0.342 e. The third kappa shape index (κ3) is 3.72. The molecule has 0 aliphatic carbocycles. The van der Waals surface area contributed by atoms with Gasteiger partial charge in [-0.25, -0.2) is 4.79 Å². The van der Waals surface area contributed by atoms with Gasteiger partial charge in [0.15, 0.2) is 5.75 Å². The van der Waals surface area contributed by atoms with Crippen molar-refractivity contribution < 1.29 is 23.1 Å². The van der Waals surface area contributed by atoms with Gasteiger partial charge in [-0.3, -0.25) is 0 Å². The highest BCUT2D eigenvalue weighted by Crippen LogP contribution is 2.42. The molecule has 0 amide bonds. The van der Waals surface area contributed by atoms with Crippen molar-refractivity contribution in [3.8, 4) is 11.5 Å². The molecule has 0 aliphatic heterocycles. The Kier molecular flexibility index (Phi) is 5.58. The lowest BCUT2D eigenvalue weighted by molar-refractivity contribution is 0.0600. The summed E-state index contributed by atoms with van der Waals surface area (Å²) in [4.78, 5) is 12.2. The maximum atomic E-state index is 12.2. The van der Waals surface area contributed by atoms with Crippen LogP contribution in [-0.2, 0) is 10.1 Å². The van der Waals surface area contributed by atoms with Gasteiger partial charge in [0.05, 0.1) is 19.5 Å². The number of carbonyl (C=O) groups is 1. The topological polar surface area (TPSA) is 57.9 Å². The molecule has 1 heterocycles. The molecule has 2 rings (SSSR count). The summed E-state index contributed by atoms with van der Waals surface area (Å²) in [7, 11) is 0.878. The summed E-state index contributed by atoms with van der Waals surface area (Å²) in [6.45, 7) is 10.8. The Morgan fingerprint density at radius 2 is 1.84 bits per heavy atom. The second-order valence-corrected chi connectivity index (χ2v) is 12.7. The molecule has 0 atom stereocenters. The molecule has 138 valence electrons. The van der Waals surface area contributed by atoms with E-state index in [-0.39, 0.29) is 5.04 Å². The summed E-state index contributed by atoms with van der Waals surface area (Å²) >= 11 is 3.36. The Hall–Kier alpha value is -1.47. The highest BCUT2D eigenvalue weighted by atomic mass is 79.9. The van der Waals surface area contributed by atoms with Crippen molar-refractivity contribution in [1.82, 2.24) is 0 Å². The minimum absolute atomic E-state index is 0.0373. The molecule has 2 aromatic rings. The summed E-state index contributed by atoms with van der Waals surface area (Å²) in [6.07, 6.45) is 0. The van der Waals surface area contributed by atoms with Gasteiger partial charge < -0.3 is 18.3 Å². The van der Waals surface area contributed by atoms with E-state index in [9.17, 15) is 4.79 Å². The van der Waals surface area contributed by atoms with Crippen LogP contribution in [-0.4, -0.2) is 28.5 Å². The molecule has 0 bridgehead atoms. The van der Waals surface area contributed by atoms with Gasteiger partial charge in [0.1, 0.15) is 22.7 Å². The van der Waals surface area contributed by atoms with Gasteiger partial charge in [-0.05, 0) is 24.2 Å². The zero-order chi connectivity index (χ0) is 19.0. The van der Waals surface area contributed by atoms with E-state index in [0.717, 1.165) is 0 Å². The van der Waals surface area contributed by atoms with Crippen LogP contribution in [0.4, 0.5) is 0 Å². The molecule has 0 unspecified atom stereocenters. The number of furan rings is 1. The zero-order valence-electron chi connectivity index (χ0n) is 15.8. The molecule has 0 N–H and O–H groups in total. The van der Waals surface area contributed by atoms with Gasteiger partial charge in [0, 0.05) is 11.5 Å². The zero-order valence-corrected chi connectivity index (χ0v) is 18.4. The van der Waals surface area contributed by atoms with Crippen molar-refractivity contribution in [2.75, 3.05) is 14.2 Å². The predicted molar refractivity (Wildman–Crippen MR) is 105 cm³/mol. The summed E-state index contributed by atoms with van der Waals surface area (Å²) < 4.78 is 22.6. The first kappa shape index (κ1) is 19.8. The Labute approximate surface area is 157 Å². The van der Waals surface area contributed by atoms with E-state index in [1.807, 2.05) is 6.07 Å². The molecular formula is C18H25BrO5Si. The van der Waals surface area contributed by atoms with Crippen LogP contribution in [0.1, 0.15) is 36.9 Å². The third-order valence-corrected chi connectivity index (χ3v) is 9.58. The van der Waals surface area contributed by atoms with E-state index < -0.39 is 14.3 Å². The molecule has 5 nitrogen and oxygen atoms in total. The molecule has 0 spiro atoms. The summed E-state index contributed by atoms with van der Waals surface area (Å²) in [6, 6.07) is 3.58. The first-order chi connectivity index (χ1) is 11.6. The first-order valence-corrected chi connectivity index (χ1v) is 12.1. The Morgan fingerprint density at radius 3 is 2.32 bits per heavy atom. The molecule has 1 aromatic heterocycles. The SMILES string of the molecule is COC(=O)c1c(CBr)oc2cc(OC)c(O[Si](C)(C)C(C)(C)C)cc12. The van der Waals surface area contributed by atoms with E-state index in [1.165, 1.54) is 7.11 Å². The second-order valence-electron chi connectivity index (χ2n) is 7.39. The van der Waals surface area contributed by atoms with E-state index in [4.69, 9.17) is 18.3 Å². The van der Waals surface area contributed by atoms with E-state index >= 15 is 0 Å². The fraction of sp³-hybridized carbons (Fsp3) is 0.500. The minimum atomic E-state index is -2.07. The van der Waals surface area contributed by atoms with E-state index in [2.05, 4.69) is 49.8 Å². The molecule has 0 saturated heterocycles. The van der Waals surface area contributed by atoms with Crippen LogP contribution < -0.4 is 9.16 Å². The minimum Gasteiger partial charge on any atom is -0.541 e. The molecule has 0 aliphatic rings. The number of methoxy groups -OCH3 is 2. The maximum absolute atomic E-state index is 12.2. The first-order valence-electron chi connectivity index (χ1n) is 8.02. The lowest BCUT2D eigenvalue weighted by atomic mass is 10.1. The number of benzene rings is 1. The molecule has 0 fully saturated rings. The average molecular weight is 429 g/mol. The largest absolute Gasteiger partial charge is 0.541 e. The highest BCUT2D eigenvalue weighted by molar-refractivity contribution is 9.08. The van der Waals surface area contributed by atoms with Crippen LogP contribution in [0.25, 0.3) is 11.0 Å². The number of ether oxygens (including phenoxy) is 2. The fourth-order valence-corrected chi connectivity index (χ4v) is 3.65. The monoisotopic (exact) mass is 428 g/mol. The number of hydrogen-bond donors (Lipinski definition) is 0. The smallest absolute Gasteiger partial charge is 0.342 e. The van der Waals surface area contributed by atoms with Gasteiger partial charge in [-0.2, -0.15) is 0 Å². The third-order valence-electron chi connectivity index (χ3n) is 4.73. The molecule has 0 saturated carbocycles. The number of hydrogen-bond acceptors (Lipinski definition) is 5. The number of carbonyl (C=O) groups excluding carboxylic acids is 1. The van der Waals surface area contributed by atoms with Gasteiger partial charge in [0.25, 0.3) is 8.32 Å². The molecule has 7 heteroatoms. The molecule has 0 radical (unpaired) electrons. The fourth-order valence-electron chi connectivity index (χ4n) is 2.24. The lowest BCUT2D eigenvalue weighted by Crippen LogP contribution is -2.43. The van der Waals surface area contributed by atoms with Crippen molar-refractivity contribution in [2.45, 2.75) is 44.2 Å². The number of esters is 1. The van der Waals surface area contributed by atoms with Crippen LogP contribution in [0.3, 0.4) is 0 Å². The lowest BCUT2D eigenvalue weighted by Gasteiger charge is -2.36. The van der Waals surface area contributed by atoms with E-state index in [0.29, 0.717) is 39.1 Å². The van der Waals surface area contributed by atoms with E-state index in [1.54, 1.807) is 13.2 Å². The van der Waals surface area contributed by atoms with Crippen LogP contribution >= 0.6 is 15.9 Å². The average Bonchev–Trinajstić information content (AvgIpc) is 2.89. The summed E-state index contributed by atoms with van der Waals surface area (Å²) in [5.41, 5.74) is 0.978. The second kappa shape index (κ2) is 7.03. The number of alkyl halides is 1. The van der Waals surface area contributed by atoms with Gasteiger partial charge in [0.2, 0.25) is 0 Å². The standard InChI is InChI=1S/C18H25BrO5Si/c1-18(2,3)25(6,7)24-14-8-11-12(9-13(14)21-4)23-15(10-19)16(11)17(20)22-5/h8-9H,10H2,1-7H3. The van der Waals surface area contributed by atoms with Crippen molar-refractivity contribution >= 4 is 41.2 Å².